The molecule has 4 nitrogen and oxygen atoms in total. The van der Waals surface area contributed by atoms with Gasteiger partial charge in [0.25, 0.3) is 0 Å². The highest BCUT2D eigenvalue weighted by Crippen LogP contribution is 2.33. The van der Waals surface area contributed by atoms with Crippen molar-refractivity contribution in [1.82, 2.24) is 0 Å². The van der Waals surface area contributed by atoms with E-state index in [0.717, 1.165) is 11.1 Å². The molecule has 0 unspecified atom stereocenters. The van der Waals surface area contributed by atoms with Crippen LogP contribution in [-0.4, -0.2) is 11.8 Å². The third-order valence-electron chi connectivity index (χ3n) is 3.45. The largest absolute Gasteiger partial charge is 0.366 e. The highest BCUT2D eigenvalue weighted by atomic mass is 16.1. The van der Waals surface area contributed by atoms with Crippen molar-refractivity contribution in [2.75, 3.05) is 0 Å². The molecule has 0 aliphatic rings. The van der Waals surface area contributed by atoms with Gasteiger partial charge >= 0.3 is 0 Å². The number of amides is 2. The predicted octanol–water partition coefficient (Wildman–Crippen LogP) is 2.67. The predicted molar refractivity (Wildman–Crippen MR) is 83.0 cm³/mol. The molecule has 0 fully saturated rings. The lowest BCUT2D eigenvalue weighted by molar-refractivity contribution is 0.0999. The first kappa shape index (κ1) is 14.8. The third kappa shape index (κ3) is 2.79. The Kier molecular flexibility index (Phi) is 4.08. The van der Waals surface area contributed by atoms with Gasteiger partial charge in [0.05, 0.1) is 0 Å². The first-order valence-electron chi connectivity index (χ1n) is 6.75. The fourth-order valence-corrected chi connectivity index (χ4v) is 2.48. The van der Waals surface area contributed by atoms with Crippen LogP contribution in [0.1, 0.15) is 46.0 Å². The molecule has 0 radical (unpaired) electrons. The summed E-state index contributed by atoms with van der Waals surface area (Å²) in [6, 6.07) is 12.5. The summed E-state index contributed by atoms with van der Waals surface area (Å²) in [4.78, 5) is 23.4. The first-order chi connectivity index (χ1) is 9.93. The highest BCUT2D eigenvalue weighted by Gasteiger charge is 2.20. The Morgan fingerprint density at radius 3 is 1.86 bits per heavy atom. The van der Waals surface area contributed by atoms with Crippen LogP contribution in [0.5, 0.6) is 0 Å². The van der Waals surface area contributed by atoms with E-state index in [1.165, 1.54) is 0 Å². The fourth-order valence-electron chi connectivity index (χ4n) is 2.48. The van der Waals surface area contributed by atoms with Crippen molar-refractivity contribution in [3.8, 4) is 11.1 Å². The Morgan fingerprint density at radius 1 is 0.857 bits per heavy atom. The summed E-state index contributed by atoms with van der Waals surface area (Å²) >= 11 is 0. The van der Waals surface area contributed by atoms with E-state index >= 15 is 0 Å². The second-order valence-corrected chi connectivity index (χ2v) is 5.20. The SMILES string of the molecule is CC(C)c1ccccc1-c1c(C(N)=O)cccc1C(N)=O. The summed E-state index contributed by atoms with van der Waals surface area (Å²) in [5.41, 5.74) is 13.9. The molecule has 108 valence electrons. The number of hydrogen-bond donors (Lipinski definition) is 2. The number of carbonyl (C=O) groups excluding carboxylic acids is 2. The summed E-state index contributed by atoms with van der Waals surface area (Å²) in [7, 11) is 0. The quantitative estimate of drug-likeness (QED) is 0.903. The summed E-state index contributed by atoms with van der Waals surface area (Å²) < 4.78 is 0. The van der Waals surface area contributed by atoms with Crippen LogP contribution in [0.2, 0.25) is 0 Å². The standard InChI is InChI=1S/C17H18N2O2/c1-10(2)11-6-3-4-7-12(11)15-13(16(18)20)8-5-9-14(15)17(19)21/h3-10H,1-2H3,(H2,18,20)(H2,19,21). The maximum absolute atomic E-state index is 11.7. The molecule has 2 aromatic rings. The van der Waals surface area contributed by atoms with Crippen LogP contribution in [0.4, 0.5) is 0 Å². The van der Waals surface area contributed by atoms with Crippen molar-refractivity contribution >= 4 is 11.8 Å². The van der Waals surface area contributed by atoms with Gasteiger partial charge in [0, 0.05) is 16.7 Å². The Bertz CT molecular complexity index is 673. The maximum atomic E-state index is 11.7. The Hall–Kier alpha value is -2.62. The van der Waals surface area contributed by atoms with Gasteiger partial charge in [-0.2, -0.15) is 0 Å². The molecular weight excluding hydrogens is 264 g/mol. The van der Waals surface area contributed by atoms with Crippen LogP contribution in [0.15, 0.2) is 42.5 Å². The van der Waals surface area contributed by atoms with Crippen LogP contribution in [0.3, 0.4) is 0 Å². The van der Waals surface area contributed by atoms with E-state index in [1.54, 1.807) is 18.2 Å². The zero-order valence-corrected chi connectivity index (χ0v) is 12.1. The molecule has 4 N–H and O–H groups in total. The topological polar surface area (TPSA) is 86.2 Å². The van der Waals surface area contributed by atoms with Gasteiger partial charge < -0.3 is 11.5 Å². The number of nitrogens with two attached hydrogens (primary N) is 2. The van der Waals surface area contributed by atoms with Gasteiger partial charge in [-0.3, -0.25) is 9.59 Å². The molecule has 0 spiro atoms. The second kappa shape index (κ2) is 5.79. The van der Waals surface area contributed by atoms with Gasteiger partial charge in [0.1, 0.15) is 0 Å². The number of rotatable bonds is 4. The van der Waals surface area contributed by atoms with Crippen molar-refractivity contribution in [3.63, 3.8) is 0 Å². The third-order valence-corrected chi connectivity index (χ3v) is 3.45. The molecule has 2 amide bonds. The van der Waals surface area contributed by atoms with E-state index in [9.17, 15) is 9.59 Å². The van der Waals surface area contributed by atoms with Crippen LogP contribution in [0, 0.1) is 0 Å². The smallest absolute Gasteiger partial charge is 0.249 e. The van der Waals surface area contributed by atoms with E-state index < -0.39 is 11.8 Å². The molecule has 0 atom stereocenters. The molecular formula is C17H18N2O2. The van der Waals surface area contributed by atoms with Crippen molar-refractivity contribution in [2.45, 2.75) is 19.8 Å². The van der Waals surface area contributed by atoms with Gasteiger partial charge in [0.2, 0.25) is 11.8 Å². The van der Waals surface area contributed by atoms with Crippen molar-refractivity contribution in [1.29, 1.82) is 0 Å². The lowest BCUT2D eigenvalue weighted by Gasteiger charge is -2.17. The molecule has 21 heavy (non-hydrogen) atoms. The zero-order chi connectivity index (χ0) is 15.6. The second-order valence-electron chi connectivity index (χ2n) is 5.20. The zero-order valence-electron chi connectivity index (χ0n) is 12.1. The number of hydrogen-bond acceptors (Lipinski definition) is 2. The minimum atomic E-state index is -0.577. The maximum Gasteiger partial charge on any atom is 0.249 e. The molecule has 2 rings (SSSR count). The molecule has 0 aromatic heterocycles. The summed E-state index contributed by atoms with van der Waals surface area (Å²) in [5, 5.41) is 0. The Balaban J connectivity index is 2.85. The normalized spacial score (nSPS) is 10.6. The molecule has 0 bridgehead atoms. The molecule has 0 saturated heterocycles. The van der Waals surface area contributed by atoms with E-state index in [0.29, 0.717) is 16.7 Å². The molecule has 0 aliphatic heterocycles. The number of primary amides is 2. The lowest BCUT2D eigenvalue weighted by atomic mass is 9.87. The molecule has 0 saturated carbocycles. The Labute approximate surface area is 123 Å². The van der Waals surface area contributed by atoms with E-state index in [-0.39, 0.29) is 5.92 Å². The van der Waals surface area contributed by atoms with Crippen LogP contribution >= 0.6 is 0 Å². The lowest BCUT2D eigenvalue weighted by Crippen LogP contribution is -2.18. The van der Waals surface area contributed by atoms with Gasteiger partial charge in [0.15, 0.2) is 0 Å². The average Bonchev–Trinajstić information content (AvgIpc) is 2.46. The van der Waals surface area contributed by atoms with Gasteiger partial charge in [-0.05, 0) is 29.2 Å². The molecule has 4 heteroatoms. The minimum absolute atomic E-state index is 0.239. The summed E-state index contributed by atoms with van der Waals surface area (Å²) in [6.07, 6.45) is 0. The van der Waals surface area contributed by atoms with E-state index in [1.807, 2.05) is 24.3 Å². The van der Waals surface area contributed by atoms with E-state index in [4.69, 9.17) is 11.5 Å². The molecule has 2 aromatic carbocycles. The number of carbonyl (C=O) groups is 2. The Morgan fingerprint density at radius 2 is 1.38 bits per heavy atom. The highest BCUT2D eigenvalue weighted by molar-refractivity contribution is 6.08. The summed E-state index contributed by atoms with van der Waals surface area (Å²) in [5.74, 6) is -0.916. The van der Waals surface area contributed by atoms with Crippen LogP contribution in [0.25, 0.3) is 11.1 Å². The monoisotopic (exact) mass is 282 g/mol. The van der Waals surface area contributed by atoms with Gasteiger partial charge in [-0.25, -0.2) is 0 Å². The first-order valence-corrected chi connectivity index (χ1v) is 6.75. The van der Waals surface area contributed by atoms with Crippen molar-refractivity contribution in [3.05, 3.63) is 59.2 Å². The average molecular weight is 282 g/mol. The summed E-state index contributed by atoms with van der Waals surface area (Å²) in [6.45, 7) is 4.10. The number of benzene rings is 2. The van der Waals surface area contributed by atoms with E-state index in [2.05, 4.69) is 13.8 Å². The van der Waals surface area contributed by atoms with Crippen molar-refractivity contribution in [2.24, 2.45) is 11.5 Å². The molecule has 0 aliphatic carbocycles. The van der Waals surface area contributed by atoms with Crippen LogP contribution in [-0.2, 0) is 0 Å². The minimum Gasteiger partial charge on any atom is -0.366 e. The van der Waals surface area contributed by atoms with Crippen molar-refractivity contribution < 1.29 is 9.59 Å². The van der Waals surface area contributed by atoms with Crippen LogP contribution < -0.4 is 11.5 Å². The van der Waals surface area contributed by atoms with Gasteiger partial charge in [-0.1, -0.05) is 44.2 Å². The fraction of sp³-hybridized carbons (Fsp3) is 0.176. The van der Waals surface area contributed by atoms with Gasteiger partial charge in [-0.15, -0.1) is 0 Å². The molecule has 0 heterocycles.